The van der Waals surface area contributed by atoms with Crippen molar-refractivity contribution in [2.45, 2.75) is 13.5 Å². The van der Waals surface area contributed by atoms with E-state index < -0.39 is 0 Å². The first-order chi connectivity index (χ1) is 11.7. The fraction of sp³-hybridized carbons (Fsp3) is 0.350. The number of carbonyl (C=O) groups excluding carboxylic acids is 1. The third kappa shape index (κ3) is 6.07. The Hall–Kier alpha value is -2.04. The number of likely N-dealkylation sites (N-methyl/N-ethyl adjacent to an activating group) is 2. The van der Waals surface area contributed by atoms with E-state index in [0.717, 1.165) is 30.9 Å². The molecule has 0 saturated carbocycles. The number of hydrogen-bond acceptors (Lipinski definition) is 3. The van der Waals surface area contributed by atoms with Gasteiger partial charge in [-0.1, -0.05) is 30.3 Å². The van der Waals surface area contributed by atoms with Crippen molar-refractivity contribution < 1.29 is 4.79 Å². The zero-order chi connectivity index (χ0) is 17.4. The van der Waals surface area contributed by atoms with Gasteiger partial charge in [0.15, 0.2) is 0 Å². The van der Waals surface area contributed by atoms with Crippen LogP contribution in [0.15, 0.2) is 54.6 Å². The highest BCUT2D eigenvalue weighted by molar-refractivity contribution is 5.94. The number of nitrogens with zero attached hydrogens (tertiary/aromatic N) is 2. The monoisotopic (exact) mass is 361 g/mol. The van der Waals surface area contributed by atoms with Crippen molar-refractivity contribution in [2.75, 3.05) is 38.6 Å². The van der Waals surface area contributed by atoms with Crippen molar-refractivity contribution in [3.8, 4) is 0 Å². The first kappa shape index (κ1) is 21.0. The second-order valence-corrected chi connectivity index (χ2v) is 5.88. The van der Waals surface area contributed by atoms with E-state index in [1.54, 1.807) is 4.90 Å². The molecule has 2 aromatic carbocycles. The third-order valence-corrected chi connectivity index (χ3v) is 4.12. The summed E-state index contributed by atoms with van der Waals surface area (Å²) in [6, 6.07) is 18.3. The molecule has 0 aliphatic heterocycles. The summed E-state index contributed by atoms with van der Waals surface area (Å²) < 4.78 is 0. The van der Waals surface area contributed by atoms with E-state index >= 15 is 0 Å². The first-order valence-corrected chi connectivity index (χ1v) is 8.44. The minimum Gasteiger partial charge on any atom is -0.367 e. The molecule has 0 aromatic heterocycles. The summed E-state index contributed by atoms with van der Waals surface area (Å²) in [4.78, 5) is 16.4. The summed E-state index contributed by atoms with van der Waals surface area (Å²) in [5.74, 6) is 0.0582. The quantitative estimate of drug-likeness (QED) is 0.782. The smallest absolute Gasteiger partial charge is 0.253 e. The molecule has 0 saturated heterocycles. The normalized spacial score (nSPS) is 10.0. The summed E-state index contributed by atoms with van der Waals surface area (Å²) in [6.07, 6.45) is 0. The minimum atomic E-state index is 0. The van der Waals surface area contributed by atoms with E-state index in [0.29, 0.717) is 6.54 Å². The van der Waals surface area contributed by atoms with Crippen LogP contribution in [0.25, 0.3) is 0 Å². The molecule has 0 spiro atoms. The highest BCUT2D eigenvalue weighted by atomic mass is 35.5. The second kappa shape index (κ2) is 10.7. The van der Waals surface area contributed by atoms with Gasteiger partial charge in [0.25, 0.3) is 5.91 Å². The SMILES string of the molecule is CCN(Cc1ccccc1)c1ccc(C(=O)N(C)CCNC)cc1.Cl. The summed E-state index contributed by atoms with van der Waals surface area (Å²) in [5, 5.41) is 3.06. The molecule has 25 heavy (non-hydrogen) atoms. The van der Waals surface area contributed by atoms with Crippen LogP contribution < -0.4 is 10.2 Å². The van der Waals surface area contributed by atoms with Crippen molar-refractivity contribution in [1.29, 1.82) is 0 Å². The molecule has 0 radical (unpaired) electrons. The largest absolute Gasteiger partial charge is 0.367 e. The second-order valence-electron chi connectivity index (χ2n) is 5.88. The number of benzene rings is 2. The molecule has 2 aromatic rings. The summed E-state index contributed by atoms with van der Waals surface area (Å²) in [5.41, 5.74) is 3.15. The highest BCUT2D eigenvalue weighted by Crippen LogP contribution is 2.18. The zero-order valence-electron chi connectivity index (χ0n) is 15.2. The summed E-state index contributed by atoms with van der Waals surface area (Å²) >= 11 is 0. The fourth-order valence-electron chi connectivity index (χ4n) is 2.61. The van der Waals surface area contributed by atoms with Gasteiger partial charge >= 0.3 is 0 Å². The first-order valence-electron chi connectivity index (χ1n) is 8.44. The molecule has 2 rings (SSSR count). The molecule has 0 aliphatic rings. The van der Waals surface area contributed by atoms with Crippen LogP contribution in [0.2, 0.25) is 0 Å². The van der Waals surface area contributed by atoms with Crippen molar-refractivity contribution in [3.05, 3.63) is 65.7 Å². The van der Waals surface area contributed by atoms with Crippen LogP contribution in [0.1, 0.15) is 22.8 Å². The number of anilines is 1. The topological polar surface area (TPSA) is 35.6 Å². The maximum Gasteiger partial charge on any atom is 0.253 e. The van der Waals surface area contributed by atoms with Crippen LogP contribution >= 0.6 is 12.4 Å². The number of carbonyl (C=O) groups is 1. The van der Waals surface area contributed by atoms with E-state index in [-0.39, 0.29) is 18.3 Å². The lowest BCUT2D eigenvalue weighted by atomic mass is 10.1. The molecular formula is C20H28ClN3O. The van der Waals surface area contributed by atoms with Crippen molar-refractivity contribution >= 4 is 24.0 Å². The lowest BCUT2D eigenvalue weighted by molar-refractivity contribution is 0.0797. The predicted molar refractivity (Wildman–Crippen MR) is 108 cm³/mol. The van der Waals surface area contributed by atoms with Gasteiger partial charge in [-0.3, -0.25) is 4.79 Å². The highest BCUT2D eigenvalue weighted by Gasteiger charge is 2.12. The van der Waals surface area contributed by atoms with Gasteiger partial charge < -0.3 is 15.1 Å². The van der Waals surface area contributed by atoms with Gasteiger partial charge in [-0.2, -0.15) is 0 Å². The molecule has 5 heteroatoms. The average molecular weight is 362 g/mol. The van der Waals surface area contributed by atoms with E-state index in [1.807, 2.05) is 44.4 Å². The van der Waals surface area contributed by atoms with Crippen molar-refractivity contribution in [3.63, 3.8) is 0 Å². The molecule has 0 fully saturated rings. The van der Waals surface area contributed by atoms with Gasteiger partial charge in [0.1, 0.15) is 0 Å². The Morgan fingerprint density at radius 2 is 1.68 bits per heavy atom. The standard InChI is InChI=1S/C20H27N3O.ClH/c1-4-23(16-17-8-6-5-7-9-17)19-12-10-18(11-13-19)20(24)22(3)15-14-21-2;/h5-13,21H,4,14-16H2,1-3H3;1H. The Labute approximate surface area is 157 Å². The number of halogens is 1. The van der Waals surface area contributed by atoms with Crippen LogP contribution in [0.5, 0.6) is 0 Å². The lowest BCUT2D eigenvalue weighted by Crippen LogP contribution is -2.32. The molecule has 0 bridgehead atoms. The third-order valence-electron chi connectivity index (χ3n) is 4.12. The van der Waals surface area contributed by atoms with Crippen LogP contribution in [0.3, 0.4) is 0 Å². The maximum absolute atomic E-state index is 12.4. The molecule has 136 valence electrons. The molecule has 0 atom stereocenters. The Morgan fingerprint density at radius 1 is 1.04 bits per heavy atom. The maximum atomic E-state index is 12.4. The molecule has 0 heterocycles. The van der Waals surface area contributed by atoms with Crippen LogP contribution in [0, 0.1) is 0 Å². The van der Waals surface area contributed by atoms with Crippen molar-refractivity contribution in [2.24, 2.45) is 0 Å². The van der Waals surface area contributed by atoms with E-state index in [2.05, 4.69) is 41.4 Å². The summed E-state index contributed by atoms with van der Waals surface area (Å²) in [7, 11) is 3.72. The Balaban J connectivity index is 0.00000312. The summed E-state index contributed by atoms with van der Waals surface area (Å²) in [6.45, 7) is 5.43. The van der Waals surface area contributed by atoms with Crippen LogP contribution in [-0.4, -0.2) is 44.5 Å². The van der Waals surface area contributed by atoms with Gasteiger partial charge in [0.05, 0.1) is 0 Å². The molecule has 1 N–H and O–H groups in total. The Bertz CT molecular complexity index is 631. The van der Waals surface area contributed by atoms with Gasteiger partial charge in [0, 0.05) is 44.5 Å². The average Bonchev–Trinajstić information content (AvgIpc) is 2.64. The number of hydrogen-bond donors (Lipinski definition) is 1. The van der Waals surface area contributed by atoms with Gasteiger partial charge in [-0.25, -0.2) is 0 Å². The number of rotatable bonds is 8. The molecule has 1 amide bonds. The lowest BCUT2D eigenvalue weighted by Gasteiger charge is -2.24. The van der Waals surface area contributed by atoms with E-state index in [4.69, 9.17) is 0 Å². The van der Waals surface area contributed by atoms with E-state index in [1.165, 1.54) is 5.56 Å². The van der Waals surface area contributed by atoms with Gasteiger partial charge in [-0.15, -0.1) is 12.4 Å². The fourth-order valence-corrected chi connectivity index (χ4v) is 2.61. The molecule has 4 nitrogen and oxygen atoms in total. The van der Waals surface area contributed by atoms with E-state index in [9.17, 15) is 4.79 Å². The zero-order valence-corrected chi connectivity index (χ0v) is 16.1. The number of amides is 1. The molecule has 0 aliphatic carbocycles. The number of nitrogens with one attached hydrogen (secondary N) is 1. The van der Waals surface area contributed by atoms with Gasteiger partial charge in [0.2, 0.25) is 0 Å². The Morgan fingerprint density at radius 3 is 2.24 bits per heavy atom. The molecular weight excluding hydrogens is 334 g/mol. The predicted octanol–water partition coefficient (Wildman–Crippen LogP) is 3.43. The van der Waals surface area contributed by atoms with Crippen molar-refractivity contribution in [1.82, 2.24) is 10.2 Å². The van der Waals surface area contributed by atoms with Gasteiger partial charge in [-0.05, 0) is 43.8 Å². The minimum absolute atomic E-state index is 0. The van der Waals surface area contributed by atoms with Crippen LogP contribution in [0.4, 0.5) is 5.69 Å². The molecule has 0 unspecified atom stereocenters. The van der Waals surface area contributed by atoms with Crippen LogP contribution in [-0.2, 0) is 6.54 Å². The Kier molecular flexibility index (Phi) is 9.03.